The van der Waals surface area contributed by atoms with Gasteiger partial charge in [-0.2, -0.15) is 5.26 Å². The zero-order chi connectivity index (χ0) is 16.7. The first kappa shape index (κ1) is 15.2. The van der Waals surface area contributed by atoms with Crippen LogP contribution in [0.3, 0.4) is 0 Å². The molecule has 0 amide bonds. The molecule has 0 saturated carbocycles. The minimum Gasteiger partial charge on any atom is -0.358 e. The van der Waals surface area contributed by atoms with Crippen LogP contribution in [0, 0.1) is 24.2 Å². The summed E-state index contributed by atoms with van der Waals surface area (Å²) in [6, 6.07) is 10.6. The average Bonchev–Trinajstić information content (AvgIpc) is 3.12. The highest BCUT2D eigenvalue weighted by Gasteiger charge is 2.21. The van der Waals surface area contributed by atoms with Gasteiger partial charge in [0.1, 0.15) is 11.1 Å². The summed E-state index contributed by atoms with van der Waals surface area (Å²) in [5, 5.41) is 11.7. The van der Waals surface area contributed by atoms with Gasteiger partial charge >= 0.3 is 0 Å². The molecule has 0 bridgehead atoms. The van der Waals surface area contributed by atoms with Crippen molar-refractivity contribution in [1.82, 2.24) is 9.97 Å². The Balaban J connectivity index is 1.80. The van der Waals surface area contributed by atoms with Crippen LogP contribution >= 0.6 is 11.3 Å². The predicted octanol–water partition coefficient (Wildman–Crippen LogP) is 5.12. The van der Waals surface area contributed by atoms with Crippen molar-refractivity contribution in [2.24, 2.45) is 5.92 Å². The number of hydrogen-bond acceptors (Lipinski definition) is 3. The molecule has 3 nitrogen and oxygen atoms in total. The molecule has 1 aliphatic rings. The number of hydrogen-bond donors (Lipinski definition) is 1. The van der Waals surface area contributed by atoms with Crippen molar-refractivity contribution in [2.75, 3.05) is 0 Å². The van der Waals surface area contributed by atoms with Gasteiger partial charge in [0.05, 0.1) is 11.3 Å². The number of nitriles is 1. The lowest BCUT2D eigenvalue weighted by Gasteiger charge is -2.15. The Morgan fingerprint density at radius 1 is 1.42 bits per heavy atom. The summed E-state index contributed by atoms with van der Waals surface area (Å²) in [6.45, 7) is 4.34. The molecule has 4 rings (SSSR count). The molecular weight excluding hydrogens is 314 g/mol. The third-order valence-corrected chi connectivity index (χ3v) is 5.92. The summed E-state index contributed by atoms with van der Waals surface area (Å²) in [5.41, 5.74) is 5.13. The van der Waals surface area contributed by atoms with Gasteiger partial charge in [0.25, 0.3) is 0 Å². The quantitative estimate of drug-likeness (QED) is 0.662. The van der Waals surface area contributed by atoms with Crippen LogP contribution in [0.5, 0.6) is 0 Å². The highest BCUT2D eigenvalue weighted by atomic mass is 32.1. The Kier molecular flexibility index (Phi) is 3.74. The van der Waals surface area contributed by atoms with E-state index in [0.29, 0.717) is 5.57 Å². The van der Waals surface area contributed by atoms with Crippen molar-refractivity contribution in [2.45, 2.75) is 33.1 Å². The summed E-state index contributed by atoms with van der Waals surface area (Å²) in [4.78, 5) is 9.52. The summed E-state index contributed by atoms with van der Waals surface area (Å²) in [5.74, 6) is 0.719. The van der Waals surface area contributed by atoms with Crippen molar-refractivity contribution in [3.63, 3.8) is 0 Å². The highest BCUT2D eigenvalue weighted by Crippen LogP contribution is 2.34. The lowest BCUT2D eigenvalue weighted by Crippen LogP contribution is -2.09. The molecule has 2 heterocycles. The number of nitrogens with one attached hydrogen (secondary N) is 1. The maximum Gasteiger partial charge on any atom is 0.134 e. The third-order valence-electron chi connectivity index (χ3n) is 4.77. The fraction of sp³-hybridized carbons (Fsp3) is 0.300. The molecule has 1 aliphatic carbocycles. The number of aromatic amines is 1. The van der Waals surface area contributed by atoms with Crippen molar-refractivity contribution in [3.05, 3.63) is 51.1 Å². The van der Waals surface area contributed by atoms with Crippen LogP contribution < -0.4 is 0 Å². The molecular formula is C20H19N3S. The van der Waals surface area contributed by atoms with Crippen LogP contribution in [0.2, 0.25) is 0 Å². The lowest BCUT2D eigenvalue weighted by molar-refractivity contribution is 0.502. The Morgan fingerprint density at radius 3 is 3.08 bits per heavy atom. The predicted molar refractivity (Wildman–Crippen MR) is 99.8 cm³/mol. The zero-order valence-corrected chi connectivity index (χ0v) is 14.7. The first-order chi connectivity index (χ1) is 11.7. The molecule has 0 aliphatic heterocycles. The first-order valence-electron chi connectivity index (χ1n) is 8.33. The standard InChI is InChI=1S/C20H19N3S/c1-12-7-8-18-19(9-12)24-20(23-18)14(11-21)10-16-13(2)22-17-6-4-3-5-15(16)17/h3-6,10,12,22H,7-9H2,1-2H3/b14-10+/t12-/m0/s1. The van der Waals surface area contributed by atoms with E-state index in [-0.39, 0.29) is 0 Å². The van der Waals surface area contributed by atoms with E-state index in [1.807, 2.05) is 18.2 Å². The monoisotopic (exact) mass is 333 g/mol. The summed E-state index contributed by atoms with van der Waals surface area (Å²) < 4.78 is 0. The molecule has 0 spiro atoms. The van der Waals surface area contributed by atoms with Crippen LogP contribution in [0.4, 0.5) is 0 Å². The summed E-state index contributed by atoms with van der Waals surface area (Å²) >= 11 is 1.69. The van der Waals surface area contributed by atoms with Gasteiger partial charge in [-0.15, -0.1) is 11.3 Å². The molecule has 1 aromatic carbocycles. The number of thiazole rings is 1. The second-order valence-corrected chi connectivity index (χ2v) is 7.70. The van der Waals surface area contributed by atoms with Gasteiger partial charge in [-0.3, -0.25) is 0 Å². The topological polar surface area (TPSA) is 52.5 Å². The molecule has 2 aromatic heterocycles. The van der Waals surface area contributed by atoms with E-state index < -0.39 is 0 Å². The van der Waals surface area contributed by atoms with E-state index in [4.69, 9.17) is 4.98 Å². The first-order valence-corrected chi connectivity index (χ1v) is 9.15. The molecule has 0 saturated heterocycles. The number of para-hydroxylation sites is 1. The molecule has 4 heteroatoms. The highest BCUT2D eigenvalue weighted by molar-refractivity contribution is 7.13. The second-order valence-electron chi connectivity index (χ2n) is 6.62. The van der Waals surface area contributed by atoms with Gasteiger partial charge in [0, 0.05) is 27.0 Å². The van der Waals surface area contributed by atoms with E-state index in [1.54, 1.807) is 11.3 Å². The number of aromatic nitrogens is 2. The molecule has 0 fully saturated rings. The number of rotatable bonds is 2. The van der Waals surface area contributed by atoms with Crippen LogP contribution in [0.25, 0.3) is 22.6 Å². The molecule has 120 valence electrons. The summed E-state index contributed by atoms with van der Waals surface area (Å²) in [6.07, 6.45) is 5.32. The fourth-order valence-corrected chi connectivity index (χ4v) is 4.66. The van der Waals surface area contributed by atoms with Crippen molar-refractivity contribution in [3.8, 4) is 6.07 Å². The molecule has 1 N–H and O–H groups in total. The lowest BCUT2D eigenvalue weighted by atomic mass is 9.93. The molecule has 3 aromatic rings. The minimum absolute atomic E-state index is 0.662. The maximum atomic E-state index is 9.69. The van der Waals surface area contributed by atoms with Gasteiger partial charge in [-0.25, -0.2) is 4.98 Å². The fourth-order valence-electron chi connectivity index (χ4n) is 3.43. The van der Waals surface area contributed by atoms with E-state index in [2.05, 4.69) is 37.0 Å². The Hall–Kier alpha value is -2.38. The molecule has 24 heavy (non-hydrogen) atoms. The number of allylic oxidation sites excluding steroid dienone is 1. The van der Waals surface area contributed by atoms with Gasteiger partial charge in [-0.1, -0.05) is 25.1 Å². The molecule has 0 radical (unpaired) electrons. The van der Waals surface area contributed by atoms with Crippen LogP contribution in [0.15, 0.2) is 24.3 Å². The Labute approximate surface area is 145 Å². The van der Waals surface area contributed by atoms with Gasteiger partial charge in [-0.05, 0) is 44.2 Å². The Bertz CT molecular complexity index is 984. The van der Waals surface area contributed by atoms with Gasteiger partial charge in [0.15, 0.2) is 0 Å². The zero-order valence-electron chi connectivity index (χ0n) is 13.9. The van der Waals surface area contributed by atoms with Crippen LogP contribution in [0.1, 0.15) is 40.2 Å². The Morgan fingerprint density at radius 2 is 2.25 bits per heavy atom. The average molecular weight is 333 g/mol. The van der Waals surface area contributed by atoms with E-state index in [1.165, 1.54) is 17.0 Å². The van der Waals surface area contributed by atoms with Crippen molar-refractivity contribution in [1.29, 1.82) is 5.26 Å². The van der Waals surface area contributed by atoms with E-state index >= 15 is 0 Å². The van der Waals surface area contributed by atoms with Crippen LogP contribution in [-0.4, -0.2) is 9.97 Å². The summed E-state index contributed by atoms with van der Waals surface area (Å²) in [7, 11) is 0. The second kappa shape index (κ2) is 5.92. The van der Waals surface area contributed by atoms with Gasteiger partial charge in [0.2, 0.25) is 0 Å². The van der Waals surface area contributed by atoms with E-state index in [0.717, 1.165) is 45.9 Å². The third kappa shape index (κ3) is 2.55. The number of benzene rings is 1. The normalized spacial score (nSPS) is 17.7. The number of H-pyrrole nitrogens is 1. The number of aryl methyl sites for hydroxylation is 2. The van der Waals surface area contributed by atoms with Crippen molar-refractivity contribution < 1.29 is 0 Å². The van der Waals surface area contributed by atoms with Crippen LogP contribution in [-0.2, 0) is 12.8 Å². The number of fused-ring (bicyclic) bond motifs is 2. The smallest absolute Gasteiger partial charge is 0.134 e. The molecule has 1 atom stereocenters. The van der Waals surface area contributed by atoms with Gasteiger partial charge < -0.3 is 4.98 Å². The number of nitrogens with zero attached hydrogens (tertiary/aromatic N) is 2. The molecule has 0 unspecified atom stereocenters. The van der Waals surface area contributed by atoms with Crippen molar-refractivity contribution >= 4 is 33.9 Å². The largest absolute Gasteiger partial charge is 0.358 e. The van der Waals surface area contributed by atoms with E-state index in [9.17, 15) is 5.26 Å². The SMILES string of the molecule is Cc1[nH]c2ccccc2c1/C=C(\C#N)c1nc2c(s1)C[C@@H](C)CC2. The maximum absolute atomic E-state index is 9.69. The minimum atomic E-state index is 0.662.